The van der Waals surface area contributed by atoms with Crippen molar-refractivity contribution in [2.24, 2.45) is 0 Å². The van der Waals surface area contributed by atoms with Crippen LogP contribution in [-0.2, 0) is 14.4 Å². The highest BCUT2D eigenvalue weighted by molar-refractivity contribution is 5.82. The van der Waals surface area contributed by atoms with E-state index >= 15 is 0 Å². The van der Waals surface area contributed by atoms with Gasteiger partial charge in [-0.1, -0.05) is 0 Å². The maximum absolute atomic E-state index is 10.9. The highest BCUT2D eigenvalue weighted by Gasteiger charge is 2.18. The van der Waals surface area contributed by atoms with Gasteiger partial charge in [-0.2, -0.15) is 0 Å². The Bertz CT molecular complexity index is 398. The van der Waals surface area contributed by atoms with Gasteiger partial charge in [0, 0.05) is 18.8 Å². The molecule has 0 aliphatic rings. The van der Waals surface area contributed by atoms with E-state index in [-0.39, 0.29) is 0 Å². The topological polar surface area (TPSA) is 104 Å². The largest absolute Gasteiger partial charge is 0.481 e. The number of rotatable bonds is 5. The third-order valence-corrected chi connectivity index (χ3v) is 0.809. The van der Waals surface area contributed by atoms with E-state index in [1.165, 1.54) is 5.32 Å². The molecule has 0 saturated carbocycles. The summed E-state index contributed by atoms with van der Waals surface area (Å²) in [6, 6.07) is -3.47. The summed E-state index contributed by atoms with van der Waals surface area (Å²) < 4.78 is 35.9. The van der Waals surface area contributed by atoms with E-state index in [2.05, 4.69) is 0 Å². The lowest BCUT2D eigenvalue weighted by molar-refractivity contribution is -0.142. The SMILES string of the molecule is [2H]C([2H])(C(=O)O)C([2H])([2H])C([2H])(NC(C)=O)C(=O)O. The number of carbonyl (C=O) groups excluding carboxylic acids is 1. The van der Waals surface area contributed by atoms with Crippen LogP contribution in [-0.4, -0.2) is 34.1 Å². The van der Waals surface area contributed by atoms with Crippen LogP contribution in [0.15, 0.2) is 0 Å². The van der Waals surface area contributed by atoms with Crippen molar-refractivity contribution in [1.82, 2.24) is 5.32 Å². The Labute approximate surface area is 81.6 Å². The highest BCUT2D eigenvalue weighted by atomic mass is 16.4. The number of carboxylic acid groups (broad SMARTS) is 2. The molecule has 6 heteroatoms. The summed E-state index contributed by atoms with van der Waals surface area (Å²) in [6.45, 7) is 0.790. The van der Waals surface area contributed by atoms with Crippen LogP contribution in [0.2, 0.25) is 0 Å². The van der Waals surface area contributed by atoms with Crippen LogP contribution in [0.25, 0.3) is 0 Å². The third kappa shape index (κ3) is 5.66. The van der Waals surface area contributed by atoms with Crippen molar-refractivity contribution in [2.45, 2.75) is 25.7 Å². The zero-order valence-corrected chi connectivity index (χ0v) is 6.62. The Morgan fingerprint density at radius 3 is 2.38 bits per heavy atom. The van der Waals surface area contributed by atoms with Crippen LogP contribution in [0.1, 0.15) is 26.5 Å². The molecule has 1 unspecified atom stereocenters. The molecule has 0 radical (unpaired) electrons. The van der Waals surface area contributed by atoms with E-state index in [1.807, 2.05) is 0 Å². The van der Waals surface area contributed by atoms with Gasteiger partial charge in [0.25, 0.3) is 0 Å². The fourth-order valence-electron chi connectivity index (χ4n) is 0.430. The minimum absolute atomic E-state index is 0.790. The summed E-state index contributed by atoms with van der Waals surface area (Å²) in [5, 5.41) is 18.7. The van der Waals surface area contributed by atoms with Crippen LogP contribution < -0.4 is 5.32 Å². The first-order valence-electron chi connectivity index (χ1n) is 5.56. The summed E-state index contributed by atoms with van der Waals surface area (Å²) in [7, 11) is 0. The molecular formula is C7H11NO5. The maximum Gasteiger partial charge on any atom is 0.326 e. The fourth-order valence-corrected chi connectivity index (χ4v) is 0.430. The van der Waals surface area contributed by atoms with E-state index in [0.29, 0.717) is 0 Å². The molecule has 0 fully saturated rings. The molecule has 0 heterocycles. The first-order chi connectivity index (χ1) is 7.80. The maximum atomic E-state index is 10.9. The van der Waals surface area contributed by atoms with E-state index < -0.39 is 36.6 Å². The zero-order chi connectivity index (χ0) is 14.9. The fraction of sp³-hybridized carbons (Fsp3) is 0.571. The van der Waals surface area contributed by atoms with Crippen molar-refractivity contribution < 1.29 is 31.5 Å². The number of carbonyl (C=O) groups is 3. The highest BCUT2D eigenvalue weighted by Crippen LogP contribution is 1.97. The van der Waals surface area contributed by atoms with Gasteiger partial charge in [0.05, 0.1) is 1.37 Å². The molecular weight excluding hydrogens is 178 g/mol. The molecule has 0 aromatic rings. The molecule has 0 aliphatic heterocycles. The third-order valence-electron chi connectivity index (χ3n) is 0.809. The van der Waals surface area contributed by atoms with Gasteiger partial charge in [-0.25, -0.2) is 4.79 Å². The molecule has 6 nitrogen and oxygen atoms in total. The van der Waals surface area contributed by atoms with Gasteiger partial charge in [0.2, 0.25) is 5.91 Å². The van der Waals surface area contributed by atoms with Gasteiger partial charge in [0.1, 0.15) is 6.02 Å². The van der Waals surface area contributed by atoms with Crippen LogP contribution in [0.5, 0.6) is 0 Å². The lowest BCUT2D eigenvalue weighted by atomic mass is 10.1. The second-order valence-corrected chi connectivity index (χ2v) is 1.92. The van der Waals surface area contributed by atoms with Gasteiger partial charge in [-0.3, -0.25) is 9.59 Å². The quantitative estimate of drug-likeness (QED) is 0.544. The lowest BCUT2D eigenvalue weighted by Crippen LogP contribution is -2.39. The van der Waals surface area contributed by atoms with Crippen molar-refractivity contribution >= 4 is 17.8 Å². The van der Waals surface area contributed by atoms with Crippen molar-refractivity contribution in [1.29, 1.82) is 0 Å². The summed E-state index contributed by atoms with van der Waals surface area (Å²) in [5.74, 6) is -5.61. The first kappa shape index (κ1) is 5.21. The molecule has 1 atom stereocenters. The van der Waals surface area contributed by atoms with Crippen molar-refractivity contribution in [3.63, 3.8) is 0 Å². The molecule has 3 N–H and O–H groups in total. The zero-order valence-electron chi connectivity index (χ0n) is 11.6. The van der Waals surface area contributed by atoms with Gasteiger partial charge < -0.3 is 15.5 Å². The number of amides is 1. The average molecular weight is 194 g/mol. The van der Waals surface area contributed by atoms with Gasteiger partial charge >= 0.3 is 11.9 Å². The number of carboxylic acids is 2. The Morgan fingerprint density at radius 2 is 2.08 bits per heavy atom. The van der Waals surface area contributed by atoms with Crippen LogP contribution in [0.3, 0.4) is 0 Å². The molecule has 0 bridgehead atoms. The molecule has 13 heavy (non-hydrogen) atoms. The Balaban J connectivity index is 5.84. The minimum atomic E-state index is -3.71. The molecule has 0 saturated heterocycles. The van der Waals surface area contributed by atoms with Crippen LogP contribution >= 0.6 is 0 Å². The Kier molecular flexibility index (Phi) is 2.05. The lowest BCUT2D eigenvalue weighted by Gasteiger charge is -2.10. The monoisotopic (exact) mass is 194 g/mol. The first-order valence-corrected chi connectivity index (χ1v) is 3.06. The predicted molar refractivity (Wildman–Crippen MR) is 42.1 cm³/mol. The Morgan fingerprint density at radius 1 is 1.54 bits per heavy atom. The second kappa shape index (κ2) is 5.13. The normalized spacial score (nSPS) is 22.1. The second-order valence-electron chi connectivity index (χ2n) is 1.92. The number of nitrogens with one attached hydrogen (secondary N) is 1. The standard InChI is InChI=1S/C7H11NO5/c1-4(9)8-5(7(12)13)2-3-6(10)11/h5H,2-3H2,1H3,(H,8,9)(H,10,11)(H,12,13)/i2D2,3D2,5D. The van der Waals surface area contributed by atoms with E-state index in [0.717, 1.165) is 6.92 Å². The van der Waals surface area contributed by atoms with E-state index in [9.17, 15) is 14.4 Å². The van der Waals surface area contributed by atoms with Crippen LogP contribution in [0, 0.1) is 0 Å². The molecule has 74 valence electrons. The summed E-state index contributed by atoms with van der Waals surface area (Å²) >= 11 is 0. The average Bonchev–Trinajstić information content (AvgIpc) is 2.15. The summed E-state index contributed by atoms with van der Waals surface area (Å²) in [5.41, 5.74) is 0. The smallest absolute Gasteiger partial charge is 0.326 e. The molecule has 0 spiro atoms. The predicted octanol–water partition coefficient (Wildman–Crippen LogP) is -0.560. The number of hydrogen-bond acceptors (Lipinski definition) is 3. The van der Waals surface area contributed by atoms with Crippen molar-refractivity contribution in [3.8, 4) is 0 Å². The van der Waals surface area contributed by atoms with E-state index in [4.69, 9.17) is 17.1 Å². The number of hydrogen-bond donors (Lipinski definition) is 3. The molecule has 0 aromatic heterocycles. The van der Waals surface area contributed by atoms with Crippen LogP contribution in [0.4, 0.5) is 0 Å². The molecule has 1 amide bonds. The van der Waals surface area contributed by atoms with E-state index in [1.54, 1.807) is 0 Å². The Hall–Kier alpha value is -1.59. The van der Waals surface area contributed by atoms with Crippen molar-refractivity contribution in [3.05, 3.63) is 0 Å². The number of aliphatic carboxylic acids is 2. The van der Waals surface area contributed by atoms with Crippen molar-refractivity contribution in [2.75, 3.05) is 0 Å². The van der Waals surface area contributed by atoms with Gasteiger partial charge in [-0.05, 0) is 6.37 Å². The van der Waals surface area contributed by atoms with Gasteiger partial charge in [-0.15, -0.1) is 0 Å². The minimum Gasteiger partial charge on any atom is -0.481 e. The molecule has 0 aromatic carbocycles. The molecule has 0 rings (SSSR count). The summed E-state index contributed by atoms with van der Waals surface area (Å²) in [6.07, 6.45) is -7.39. The van der Waals surface area contributed by atoms with Gasteiger partial charge in [0.15, 0.2) is 0 Å². The summed E-state index contributed by atoms with van der Waals surface area (Å²) in [4.78, 5) is 32.3. The molecule has 0 aliphatic carbocycles.